The number of allylic oxidation sites excluding steroid dienone is 5. The van der Waals surface area contributed by atoms with Crippen molar-refractivity contribution in [1.29, 1.82) is 0 Å². The Morgan fingerprint density at radius 3 is 2.87 bits per heavy atom. The molecule has 1 fully saturated rings. The maximum absolute atomic E-state index is 4.53. The van der Waals surface area contributed by atoms with E-state index in [0.29, 0.717) is 6.04 Å². The third-order valence-corrected chi connectivity index (χ3v) is 3.01. The average molecular weight is 203 g/mol. The maximum Gasteiger partial charge on any atom is 0.209 e. The molecule has 0 bridgehead atoms. The third kappa shape index (κ3) is 2.44. The smallest absolute Gasteiger partial charge is 0.0855 e. The lowest BCUT2D eigenvalue weighted by atomic mass is 10.1. The van der Waals surface area contributed by atoms with Crippen LogP contribution >= 0.6 is 0 Å². The number of hydrogen-bond donors (Lipinski definition) is 0. The molecule has 2 nitrogen and oxygen atoms in total. The fourth-order valence-corrected chi connectivity index (χ4v) is 1.94. The van der Waals surface area contributed by atoms with Crippen molar-refractivity contribution < 1.29 is 4.70 Å². The molecule has 2 heteroatoms. The molecule has 0 aliphatic heterocycles. The largest absolute Gasteiger partial charge is 0.209 e. The lowest BCUT2D eigenvalue weighted by Gasteiger charge is -2.04. The van der Waals surface area contributed by atoms with Crippen LogP contribution in [0.1, 0.15) is 33.1 Å². The van der Waals surface area contributed by atoms with Crippen molar-refractivity contribution >= 4 is 0 Å². The van der Waals surface area contributed by atoms with Crippen LogP contribution in [0.5, 0.6) is 0 Å². The molecule has 2 rings (SSSR count). The van der Waals surface area contributed by atoms with Gasteiger partial charge in [-0.05, 0) is 18.5 Å². The Bertz CT molecular complexity index is 348. The summed E-state index contributed by atoms with van der Waals surface area (Å²) >= 11 is 0. The second-order valence-corrected chi connectivity index (χ2v) is 4.35. The summed E-state index contributed by atoms with van der Waals surface area (Å²) in [4.78, 5) is 0. The zero-order valence-corrected chi connectivity index (χ0v) is 9.56. The molecule has 2 aliphatic rings. The lowest BCUT2D eigenvalue weighted by Crippen LogP contribution is -2.14. The van der Waals surface area contributed by atoms with E-state index < -0.39 is 0 Å². The summed E-state index contributed by atoms with van der Waals surface area (Å²) in [5.74, 6) is 0.797. The van der Waals surface area contributed by atoms with Gasteiger partial charge in [-0.1, -0.05) is 29.8 Å². The highest BCUT2D eigenvalue weighted by Crippen LogP contribution is 2.36. The Labute approximate surface area is 91.7 Å². The van der Waals surface area contributed by atoms with Crippen molar-refractivity contribution in [3.05, 3.63) is 36.2 Å². The minimum Gasteiger partial charge on any atom is -0.0855 e. The van der Waals surface area contributed by atoms with E-state index in [1.165, 1.54) is 12.1 Å². The molecule has 0 aromatic heterocycles. The van der Waals surface area contributed by atoms with Crippen LogP contribution in [0.15, 0.2) is 41.3 Å². The molecule has 15 heavy (non-hydrogen) atoms. The van der Waals surface area contributed by atoms with Gasteiger partial charge in [0.15, 0.2) is 6.04 Å². The normalized spacial score (nSPS) is 30.8. The molecular formula is C13H19N2+. The first kappa shape index (κ1) is 10.3. The zero-order chi connectivity index (χ0) is 10.7. The zero-order valence-electron chi connectivity index (χ0n) is 9.56. The quantitative estimate of drug-likeness (QED) is 0.491. The van der Waals surface area contributed by atoms with Gasteiger partial charge in [0.25, 0.3) is 0 Å². The molecule has 0 amide bonds. The van der Waals surface area contributed by atoms with E-state index >= 15 is 0 Å². The van der Waals surface area contributed by atoms with E-state index in [4.69, 9.17) is 0 Å². The van der Waals surface area contributed by atoms with Crippen molar-refractivity contribution in [2.24, 2.45) is 11.0 Å². The second kappa shape index (κ2) is 4.56. The molecule has 2 aliphatic carbocycles. The first-order chi connectivity index (χ1) is 7.33. The van der Waals surface area contributed by atoms with Gasteiger partial charge >= 0.3 is 0 Å². The highest BCUT2D eigenvalue weighted by molar-refractivity contribution is 5.12. The van der Waals surface area contributed by atoms with Crippen molar-refractivity contribution in [3.8, 4) is 0 Å². The molecule has 0 radical (unpaired) electrons. The number of azo groups is 2. The van der Waals surface area contributed by atoms with Crippen LogP contribution in [-0.2, 0) is 0 Å². The van der Waals surface area contributed by atoms with E-state index in [-0.39, 0.29) is 0 Å². The molecule has 2 unspecified atom stereocenters. The van der Waals surface area contributed by atoms with Crippen molar-refractivity contribution in [3.63, 3.8) is 0 Å². The summed E-state index contributed by atoms with van der Waals surface area (Å²) in [5, 5.41) is 4.53. The Morgan fingerprint density at radius 1 is 1.53 bits per heavy atom. The summed E-state index contributed by atoms with van der Waals surface area (Å²) in [6.07, 6.45) is 14.0. The first-order valence-electron chi connectivity index (χ1n) is 5.80. The monoisotopic (exact) mass is 203 g/mol. The van der Waals surface area contributed by atoms with Crippen molar-refractivity contribution in [2.75, 3.05) is 0 Å². The number of rotatable bonds is 3. The van der Waals surface area contributed by atoms with E-state index in [1.807, 2.05) is 19.2 Å². The fraction of sp³-hybridized carbons (Fsp3) is 0.538. The van der Waals surface area contributed by atoms with Gasteiger partial charge < -0.3 is 0 Å². The van der Waals surface area contributed by atoms with Gasteiger partial charge in [-0.15, -0.1) is 0 Å². The van der Waals surface area contributed by atoms with Crippen molar-refractivity contribution in [1.82, 2.24) is 0 Å². The van der Waals surface area contributed by atoms with Gasteiger partial charge in [0.05, 0.1) is 6.20 Å². The SMILES string of the molecule is C/C=C/N=[N+](C1=CC=CCC1)C1CC1C. The van der Waals surface area contributed by atoms with Crippen molar-refractivity contribution in [2.45, 2.75) is 39.2 Å². The van der Waals surface area contributed by atoms with E-state index in [2.05, 4.69) is 35.0 Å². The molecular weight excluding hydrogens is 184 g/mol. The summed E-state index contributed by atoms with van der Waals surface area (Å²) in [5.41, 5.74) is 1.37. The first-order valence-corrected chi connectivity index (χ1v) is 5.80. The van der Waals surface area contributed by atoms with E-state index in [9.17, 15) is 0 Å². The average Bonchev–Trinajstić information content (AvgIpc) is 2.98. The summed E-state index contributed by atoms with van der Waals surface area (Å²) in [7, 11) is 0. The third-order valence-electron chi connectivity index (χ3n) is 3.01. The molecule has 2 atom stereocenters. The molecule has 0 aromatic rings. The van der Waals surface area contributed by atoms with E-state index in [0.717, 1.165) is 18.8 Å². The minimum absolute atomic E-state index is 0.638. The van der Waals surface area contributed by atoms with E-state index in [1.54, 1.807) is 0 Å². The maximum atomic E-state index is 4.53. The molecule has 0 heterocycles. The standard InChI is InChI=1S/C13H19N2/c1-3-9-14-15(13-10-11(13)2)12-7-5-4-6-8-12/h3-5,7,9,11,13H,6,8,10H2,1-2H3/q+1/b9-3+,15-14?. The predicted octanol–water partition coefficient (Wildman–Crippen LogP) is 3.63. The molecule has 0 saturated heterocycles. The Balaban J connectivity index is 2.18. The fourth-order valence-electron chi connectivity index (χ4n) is 1.94. The molecule has 0 N–H and O–H groups in total. The molecule has 0 spiro atoms. The van der Waals surface area contributed by atoms with Gasteiger partial charge in [-0.25, -0.2) is 0 Å². The summed E-state index contributed by atoms with van der Waals surface area (Å²) in [6, 6.07) is 0.638. The van der Waals surface area contributed by atoms with Gasteiger partial charge in [0.2, 0.25) is 5.70 Å². The molecule has 80 valence electrons. The van der Waals surface area contributed by atoms with Crippen LogP contribution in [-0.4, -0.2) is 10.7 Å². The number of nitrogens with zero attached hydrogens (tertiary/aromatic N) is 2. The van der Waals surface area contributed by atoms with Gasteiger partial charge in [-0.2, -0.15) is 0 Å². The molecule has 1 saturated carbocycles. The van der Waals surface area contributed by atoms with Crippen LogP contribution in [0.4, 0.5) is 0 Å². The topological polar surface area (TPSA) is 15.4 Å². The lowest BCUT2D eigenvalue weighted by molar-refractivity contribution is -0.562. The predicted molar refractivity (Wildman–Crippen MR) is 61.5 cm³/mol. The highest BCUT2D eigenvalue weighted by atomic mass is 15.3. The highest BCUT2D eigenvalue weighted by Gasteiger charge is 2.46. The summed E-state index contributed by atoms with van der Waals surface area (Å²) < 4.78 is 2.22. The minimum atomic E-state index is 0.638. The van der Waals surface area contributed by atoms with Crippen LogP contribution in [0.3, 0.4) is 0 Å². The summed E-state index contributed by atoms with van der Waals surface area (Å²) in [6.45, 7) is 4.30. The van der Waals surface area contributed by atoms with Crippen LogP contribution in [0.2, 0.25) is 0 Å². The Hall–Kier alpha value is -1.18. The van der Waals surface area contributed by atoms with Crippen LogP contribution in [0, 0.1) is 5.92 Å². The van der Waals surface area contributed by atoms with Crippen LogP contribution < -0.4 is 0 Å². The van der Waals surface area contributed by atoms with Gasteiger partial charge in [0, 0.05) is 24.8 Å². The molecule has 0 aromatic carbocycles. The Morgan fingerprint density at radius 2 is 2.33 bits per heavy atom. The van der Waals surface area contributed by atoms with Gasteiger partial charge in [0.1, 0.15) is 0 Å². The second-order valence-electron chi connectivity index (χ2n) is 4.35. The van der Waals surface area contributed by atoms with Gasteiger partial charge in [-0.3, -0.25) is 0 Å². The van der Waals surface area contributed by atoms with Crippen LogP contribution in [0.25, 0.3) is 0 Å². The Kier molecular flexibility index (Phi) is 3.14. The number of hydrogen-bond acceptors (Lipinski definition) is 1.